The Hall–Kier alpha value is -0.720. The SMILES string of the molecule is O=Cc1cccc2ccccc12.O=[SH](=O)O.[NaH]. The van der Waals surface area contributed by atoms with E-state index < -0.39 is 11.0 Å². The van der Waals surface area contributed by atoms with Crippen molar-refractivity contribution in [3.63, 3.8) is 0 Å². The van der Waals surface area contributed by atoms with Gasteiger partial charge >= 0.3 is 29.6 Å². The van der Waals surface area contributed by atoms with Gasteiger partial charge in [-0.15, -0.1) is 0 Å². The van der Waals surface area contributed by atoms with Crippen molar-refractivity contribution in [3.8, 4) is 0 Å². The van der Waals surface area contributed by atoms with Crippen LogP contribution in [0.4, 0.5) is 0 Å². The molecule has 0 atom stereocenters. The summed E-state index contributed by atoms with van der Waals surface area (Å²) in [5.74, 6) is 0. The zero-order valence-electron chi connectivity index (χ0n) is 8.24. The van der Waals surface area contributed by atoms with Crippen LogP contribution in [-0.4, -0.2) is 48.8 Å². The number of hydrogen-bond acceptors (Lipinski definition) is 3. The minimum atomic E-state index is -3.12. The normalized spacial score (nSPS) is 9.06. The first kappa shape index (κ1) is 16.3. The summed E-state index contributed by atoms with van der Waals surface area (Å²) < 4.78 is 24.2. The van der Waals surface area contributed by atoms with Crippen LogP contribution >= 0.6 is 0 Å². The van der Waals surface area contributed by atoms with Crippen molar-refractivity contribution in [2.45, 2.75) is 0 Å². The summed E-state index contributed by atoms with van der Waals surface area (Å²) in [6.07, 6.45) is 0.891. The summed E-state index contributed by atoms with van der Waals surface area (Å²) in [4.78, 5) is 10.6. The summed E-state index contributed by atoms with van der Waals surface area (Å²) >= 11 is 0. The molecule has 0 radical (unpaired) electrons. The Morgan fingerprint density at radius 2 is 1.53 bits per heavy atom. The molecule has 0 fully saturated rings. The van der Waals surface area contributed by atoms with Gasteiger partial charge in [0.05, 0.1) is 0 Å². The minimum absolute atomic E-state index is 0. The summed E-state index contributed by atoms with van der Waals surface area (Å²) in [7, 11) is -3.12. The first-order valence-corrected chi connectivity index (χ1v) is 5.54. The van der Waals surface area contributed by atoms with Crippen molar-refractivity contribution in [2.24, 2.45) is 0 Å². The molecule has 6 heteroatoms. The van der Waals surface area contributed by atoms with Crippen LogP contribution in [0.15, 0.2) is 42.5 Å². The van der Waals surface area contributed by atoms with Crippen molar-refractivity contribution in [1.29, 1.82) is 0 Å². The predicted octanol–water partition coefficient (Wildman–Crippen LogP) is 1.07. The van der Waals surface area contributed by atoms with Gasteiger partial charge in [0.25, 0.3) is 11.0 Å². The van der Waals surface area contributed by atoms with Crippen molar-refractivity contribution < 1.29 is 17.8 Å². The van der Waals surface area contributed by atoms with E-state index >= 15 is 0 Å². The Kier molecular flexibility index (Phi) is 8.03. The molecule has 0 aliphatic rings. The van der Waals surface area contributed by atoms with E-state index in [1.807, 2.05) is 42.5 Å². The number of aldehydes is 1. The maximum absolute atomic E-state index is 10.6. The molecular formula is C11H11NaO4S. The number of carbonyl (C=O) groups is 1. The molecule has 4 nitrogen and oxygen atoms in total. The summed E-state index contributed by atoms with van der Waals surface area (Å²) in [6.45, 7) is 0. The van der Waals surface area contributed by atoms with Crippen molar-refractivity contribution in [3.05, 3.63) is 48.0 Å². The maximum atomic E-state index is 10.6. The Balaban J connectivity index is 0.000000453. The van der Waals surface area contributed by atoms with Gasteiger partial charge in [-0.1, -0.05) is 42.5 Å². The van der Waals surface area contributed by atoms with Gasteiger partial charge < -0.3 is 0 Å². The van der Waals surface area contributed by atoms with Gasteiger partial charge in [-0.25, -0.2) is 8.42 Å². The van der Waals surface area contributed by atoms with Gasteiger partial charge in [-0.2, -0.15) is 0 Å². The number of rotatable bonds is 1. The average Bonchev–Trinajstić information content (AvgIpc) is 2.27. The first-order chi connectivity index (χ1) is 7.65. The molecule has 0 heterocycles. The fourth-order valence-corrected chi connectivity index (χ4v) is 1.35. The van der Waals surface area contributed by atoms with Gasteiger partial charge in [0.15, 0.2) is 6.29 Å². The summed E-state index contributed by atoms with van der Waals surface area (Å²) in [6, 6.07) is 13.6. The number of fused-ring (bicyclic) bond motifs is 1. The summed E-state index contributed by atoms with van der Waals surface area (Å²) in [5.41, 5.74) is 0.758. The molecule has 0 aliphatic carbocycles. The topological polar surface area (TPSA) is 71.4 Å². The quantitative estimate of drug-likeness (QED) is 0.349. The second kappa shape index (κ2) is 8.38. The number of thiol groups is 1. The van der Waals surface area contributed by atoms with Crippen LogP contribution in [-0.2, 0) is 11.0 Å². The van der Waals surface area contributed by atoms with Gasteiger partial charge in [0.1, 0.15) is 0 Å². The predicted molar refractivity (Wildman–Crippen MR) is 69.4 cm³/mol. The van der Waals surface area contributed by atoms with Gasteiger partial charge in [-0.05, 0) is 10.8 Å². The zero-order valence-corrected chi connectivity index (χ0v) is 9.13. The standard InChI is InChI=1S/C11H8O.Na.H2O3S.H/c12-8-10-6-3-5-9-4-1-2-7-11(9)10;;1-4(2)3;/h1-8H;;4H,(H,1,2,3);. The monoisotopic (exact) mass is 262 g/mol. The molecule has 1 N–H and O–H groups in total. The van der Waals surface area contributed by atoms with E-state index in [2.05, 4.69) is 0 Å². The second-order valence-corrected chi connectivity index (χ2v) is 3.40. The van der Waals surface area contributed by atoms with Crippen LogP contribution in [0, 0.1) is 0 Å². The van der Waals surface area contributed by atoms with Crippen LogP contribution in [0.3, 0.4) is 0 Å². The molecule has 2 aromatic rings. The first-order valence-electron chi connectivity index (χ1n) is 4.41. The van der Waals surface area contributed by atoms with Gasteiger partial charge in [0.2, 0.25) is 0 Å². The second-order valence-electron chi connectivity index (χ2n) is 2.92. The third-order valence-corrected chi connectivity index (χ3v) is 1.95. The third-order valence-electron chi connectivity index (χ3n) is 1.95. The molecule has 0 bridgehead atoms. The van der Waals surface area contributed by atoms with Crippen LogP contribution in [0.5, 0.6) is 0 Å². The fourth-order valence-electron chi connectivity index (χ4n) is 1.35. The van der Waals surface area contributed by atoms with Crippen LogP contribution in [0.1, 0.15) is 10.4 Å². The molecule has 0 spiro atoms. The van der Waals surface area contributed by atoms with Crippen molar-refractivity contribution in [2.75, 3.05) is 0 Å². The summed E-state index contributed by atoms with van der Waals surface area (Å²) in [5, 5.41) is 2.14. The number of hydrogen-bond donors (Lipinski definition) is 2. The van der Waals surface area contributed by atoms with E-state index in [1.165, 1.54) is 0 Å². The van der Waals surface area contributed by atoms with E-state index in [-0.39, 0.29) is 29.6 Å². The molecule has 86 valence electrons. The Morgan fingerprint density at radius 3 is 2.12 bits per heavy atom. The third kappa shape index (κ3) is 5.43. The Labute approximate surface area is 123 Å². The Bertz CT molecular complexity index is 553. The van der Waals surface area contributed by atoms with E-state index in [0.717, 1.165) is 22.6 Å². The van der Waals surface area contributed by atoms with Crippen molar-refractivity contribution in [1.82, 2.24) is 0 Å². The number of benzene rings is 2. The molecule has 0 aromatic heterocycles. The molecule has 0 amide bonds. The van der Waals surface area contributed by atoms with Gasteiger partial charge in [0, 0.05) is 5.56 Å². The van der Waals surface area contributed by atoms with Crippen LogP contribution in [0.2, 0.25) is 0 Å². The number of carbonyl (C=O) groups excluding carboxylic acids is 1. The van der Waals surface area contributed by atoms with Crippen LogP contribution < -0.4 is 0 Å². The van der Waals surface area contributed by atoms with Crippen molar-refractivity contribution >= 4 is 57.6 Å². The van der Waals surface area contributed by atoms with E-state index in [0.29, 0.717) is 0 Å². The molecule has 0 saturated heterocycles. The zero-order chi connectivity index (χ0) is 12.0. The molecule has 2 rings (SSSR count). The molecule has 0 saturated carbocycles. The molecule has 0 aliphatic heterocycles. The fraction of sp³-hybridized carbons (Fsp3) is 0. The van der Waals surface area contributed by atoms with Crippen LogP contribution in [0.25, 0.3) is 10.8 Å². The van der Waals surface area contributed by atoms with E-state index in [4.69, 9.17) is 13.0 Å². The molecule has 0 unspecified atom stereocenters. The van der Waals surface area contributed by atoms with Gasteiger partial charge in [-0.3, -0.25) is 9.35 Å². The molecular weight excluding hydrogens is 251 g/mol. The molecule has 17 heavy (non-hydrogen) atoms. The Morgan fingerprint density at radius 1 is 1.00 bits per heavy atom. The van der Waals surface area contributed by atoms with E-state index in [1.54, 1.807) is 0 Å². The van der Waals surface area contributed by atoms with E-state index in [9.17, 15) is 4.79 Å². The average molecular weight is 262 g/mol. The molecule has 2 aromatic carbocycles.